The zero-order chi connectivity index (χ0) is 31.2. The fourth-order valence-corrected chi connectivity index (χ4v) is 9.97. The van der Waals surface area contributed by atoms with Crippen molar-refractivity contribution in [2.24, 2.45) is 5.92 Å². The van der Waals surface area contributed by atoms with E-state index in [0.29, 0.717) is 31.0 Å². The Balaban J connectivity index is 2.02. The lowest BCUT2D eigenvalue weighted by Crippen LogP contribution is -2.75. The highest BCUT2D eigenvalue weighted by atomic mass is 79.9. The van der Waals surface area contributed by atoms with Crippen LogP contribution in [-0.4, -0.2) is 70.6 Å². The van der Waals surface area contributed by atoms with Gasteiger partial charge < -0.3 is 28.1 Å². The predicted octanol–water partition coefficient (Wildman–Crippen LogP) is 5.85. The molecule has 0 spiro atoms. The lowest BCUT2D eigenvalue weighted by Gasteiger charge is -2.51. The van der Waals surface area contributed by atoms with E-state index in [0.717, 1.165) is 10.9 Å². The highest BCUT2D eigenvalue weighted by Gasteiger charge is 2.81. The van der Waals surface area contributed by atoms with Crippen molar-refractivity contribution in [3.8, 4) is 0 Å². The van der Waals surface area contributed by atoms with Crippen LogP contribution in [0.25, 0.3) is 0 Å². The Bertz CT molecular complexity index is 1130. The van der Waals surface area contributed by atoms with Crippen LogP contribution in [-0.2, 0) is 48.9 Å². The Morgan fingerprint density at radius 3 is 2.17 bits per heavy atom. The number of carbonyl (C=O) groups is 3. The van der Waals surface area contributed by atoms with Gasteiger partial charge in [0.15, 0.2) is 19.7 Å². The van der Waals surface area contributed by atoms with Crippen molar-refractivity contribution in [2.45, 2.75) is 101 Å². The van der Waals surface area contributed by atoms with Gasteiger partial charge in [-0.15, -0.1) is 0 Å². The number of carbonyl (C=O) groups excluding carboxylic acids is 3. The molecule has 2 fully saturated rings. The first-order valence-corrected chi connectivity index (χ1v) is 18.0. The fraction of sp³-hybridized carbons (Fsp3) is 0.645. The Labute approximate surface area is 258 Å². The molecule has 3 rings (SSSR count). The van der Waals surface area contributed by atoms with Crippen LogP contribution in [0.1, 0.15) is 58.9 Å². The average Bonchev–Trinajstić information content (AvgIpc) is 3.31. The van der Waals surface area contributed by atoms with Crippen molar-refractivity contribution >= 4 is 42.2 Å². The van der Waals surface area contributed by atoms with Crippen LogP contribution in [0.3, 0.4) is 0 Å². The average molecular weight is 670 g/mol. The maximum absolute atomic E-state index is 13.8. The van der Waals surface area contributed by atoms with Crippen LogP contribution >= 0.6 is 15.9 Å². The Hall–Kier alpha value is -2.05. The minimum atomic E-state index is -2.60. The molecule has 9 nitrogen and oxygen atoms in total. The molecule has 0 radical (unpaired) electrons. The van der Waals surface area contributed by atoms with Gasteiger partial charge in [-0.25, -0.2) is 14.4 Å². The van der Waals surface area contributed by atoms with Gasteiger partial charge in [0.2, 0.25) is 11.7 Å². The molecule has 2 saturated heterocycles. The summed E-state index contributed by atoms with van der Waals surface area (Å²) in [5, 5.41) is 0. The number of allylic oxidation sites excluding steroid dienone is 2. The van der Waals surface area contributed by atoms with Crippen LogP contribution < -0.4 is 0 Å². The first-order valence-electron chi connectivity index (χ1n) is 14.7. The summed E-state index contributed by atoms with van der Waals surface area (Å²) in [6.07, 6.45) is 2.46. The summed E-state index contributed by atoms with van der Waals surface area (Å²) in [6, 6.07) is 12.3. The van der Waals surface area contributed by atoms with Crippen LogP contribution in [0.15, 0.2) is 40.9 Å². The van der Waals surface area contributed by atoms with Gasteiger partial charge >= 0.3 is 17.9 Å². The van der Waals surface area contributed by atoms with E-state index in [1.165, 1.54) is 26.9 Å². The fourth-order valence-electron chi connectivity index (χ4n) is 6.32. The highest BCUT2D eigenvalue weighted by molar-refractivity contribution is 9.11. The van der Waals surface area contributed by atoms with Crippen molar-refractivity contribution in [3.63, 3.8) is 0 Å². The third-order valence-corrected chi connectivity index (χ3v) is 14.2. The second kappa shape index (κ2) is 14.2. The summed E-state index contributed by atoms with van der Waals surface area (Å²) in [5.74, 6) is -3.71. The number of halogens is 1. The lowest BCUT2D eigenvalue weighted by atomic mass is 9.73. The number of hydrogen-bond acceptors (Lipinski definition) is 9. The molecular weight excluding hydrogens is 624 g/mol. The van der Waals surface area contributed by atoms with Crippen LogP contribution in [0, 0.1) is 5.92 Å². The Morgan fingerprint density at radius 2 is 1.62 bits per heavy atom. The van der Waals surface area contributed by atoms with E-state index in [1.807, 2.05) is 39.0 Å². The molecule has 0 aliphatic carbocycles. The Kier molecular flexibility index (Phi) is 11.6. The van der Waals surface area contributed by atoms with Gasteiger partial charge in [0.1, 0.15) is 0 Å². The second-order valence-corrected chi connectivity index (χ2v) is 16.9. The summed E-state index contributed by atoms with van der Waals surface area (Å²) in [6.45, 7) is 8.16. The summed E-state index contributed by atoms with van der Waals surface area (Å²) >= 11 is 3.70. The smallest absolute Gasteiger partial charge is 0.345 e. The molecule has 11 heteroatoms. The molecule has 1 aromatic carbocycles. The number of esters is 3. The minimum absolute atomic E-state index is 0.0444. The van der Waals surface area contributed by atoms with E-state index in [2.05, 4.69) is 41.1 Å². The molecule has 0 aromatic heterocycles. The summed E-state index contributed by atoms with van der Waals surface area (Å²) in [4.78, 5) is 40.9. The number of hydrogen-bond donors (Lipinski definition) is 0. The summed E-state index contributed by atoms with van der Waals surface area (Å²) in [7, 11) is 1.01. The molecule has 0 saturated carbocycles. The molecular formula is C31H45BrO9Si. The van der Waals surface area contributed by atoms with Crippen molar-refractivity contribution in [3.05, 3.63) is 46.5 Å². The molecule has 5 atom stereocenters. The van der Waals surface area contributed by atoms with Crippen LogP contribution in [0.2, 0.25) is 18.1 Å². The van der Waals surface area contributed by atoms with E-state index in [-0.39, 0.29) is 18.8 Å². The summed E-state index contributed by atoms with van der Waals surface area (Å²) in [5.41, 5.74) is -2.97. The van der Waals surface area contributed by atoms with Gasteiger partial charge in [-0.3, -0.25) is 0 Å². The number of fused-ring (bicyclic) bond motifs is 2. The van der Waals surface area contributed by atoms with E-state index < -0.39 is 49.3 Å². The summed E-state index contributed by atoms with van der Waals surface area (Å²) < 4.78 is 36.3. The third kappa shape index (κ3) is 6.40. The quantitative estimate of drug-likeness (QED) is 0.137. The van der Waals surface area contributed by atoms with Crippen molar-refractivity contribution in [1.82, 2.24) is 0 Å². The number of methoxy groups -OCH3 is 3. The van der Waals surface area contributed by atoms with Crippen LogP contribution in [0.5, 0.6) is 0 Å². The lowest BCUT2D eigenvalue weighted by molar-refractivity contribution is -0.269. The van der Waals surface area contributed by atoms with Crippen molar-refractivity contribution in [1.29, 1.82) is 0 Å². The first kappa shape index (κ1) is 34.4. The molecule has 2 heterocycles. The van der Waals surface area contributed by atoms with E-state index in [9.17, 15) is 14.4 Å². The molecule has 1 aromatic rings. The monoisotopic (exact) mass is 668 g/mol. The first-order chi connectivity index (χ1) is 20.0. The number of rotatable bonds is 14. The second-order valence-electron chi connectivity index (χ2n) is 11.2. The van der Waals surface area contributed by atoms with Gasteiger partial charge in [-0.1, -0.05) is 80.0 Å². The molecule has 4 unspecified atom stereocenters. The highest BCUT2D eigenvalue weighted by Crippen LogP contribution is 2.58. The molecule has 2 aliphatic heterocycles. The zero-order valence-electron chi connectivity index (χ0n) is 25.8. The number of ether oxygens (including phenoxy) is 5. The zero-order valence-corrected chi connectivity index (χ0v) is 28.4. The van der Waals surface area contributed by atoms with Gasteiger partial charge in [-0.2, -0.15) is 0 Å². The van der Waals surface area contributed by atoms with Gasteiger partial charge in [0.05, 0.1) is 21.3 Å². The van der Waals surface area contributed by atoms with Gasteiger partial charge in [0, 0.05) is 12.8 Å². The van der Waals surface area contributed by atoms with Crippen LogP contribution in [0.4, 0.5) is 0 Å². The molecule has 234 valence electrons. The SMILES string of the molecule is CC[Si](CC)(CC)OC1(C(=O)OC)CCC2(CC/C(Br)=C/[C@H](C)Cc3ccccc3)OC(C(=O)OC)C1(C(=O)OC)O2. The maximum atomic E-state index is 13.8. The van der Waals surface area contributed by atoms with Crippen molar-refractivity contribution in [2.75, 3.05) is 21.3 Å². The minimum Gasteiger partial charge on any atom is -0.467 e. The predicted molar refractivity (Wildman–Crippen MR) is 163 cm³/mol. The molecule has 42 heavy (non-hydrogen) atoms. The molecule has 2 bridgehead atoms. The van der Waals surface area contributed by atoms with Crippen molar-refractivity contribution < 1.29 is 42.5 Å². The number of benzene rings is 1. The Morgan fingerprint density at radius 1 is 1.00 bits per heavy atom. The molecule has 0 N–H and O–H groups in total. The van der Waals surface area contributed by atoms with Gasteiger partial charge in [0.25, 0.3) is 0 Å². The van der Waals surface area contributed by atoms with E-state index >= 15 is 0 Å². The van der Waals surface area contributed by atoms with E-state index in [4.69, 9.17) is 28.1 Å². The largest absolute Gasteiger partial charge is 0.467 e. The topological polar surface area (TPSA) is 107 Å². The normalized spacial score (nSPS) is 28.2. The van der Waals surface area contributed by atoms with Gasteiger partial charge in [-0.05, 0) is 53.4 Å². The third-order valence-electron chi connectivity index (χ3n) is 8.86. The molecule has 0 amide bonds. The molecule has 2 aliphatic rings. The maximum Gasteiger partial charge on any atom is 0.345 e. The standard InChI is InChI=1S/C31H45BrO9Si/c1-8-42(9-2,10-3)41-30(27(34)37-6)19-18-29(39-25(26(33)36-5)31(30,40-29)28(35)38-7)17-16-24(32)21-22(4)20-23-14-12-11-13-15-23/h11-15,21-22,25H,8-10,16-20H2,1-7H3/b24-21-/t22-,25?,29?,30?,31?/m1/s1. The van der Waals surface area contributed by atoms with E-state index in [1.54, 1.807) is 0 Å².